The highest BCUT2D eigenvalue weighted by Crippen LogP contribution is 2.30. The van der Waals surface area contributed by atoms with Crippen LogP contribution in [0, 0.1) is 10.1 Å². The second-order valence-electron chi connectivity index (χ2n) is 8.69. The lowest BCUT2D eigenvalue weighted by molar-refractivity contribution is -0.383. The molecule has 0 fully saturated rings. The molecule has 8 nitrogen and oxygen atoms in total. The van der Waals surface area contributed by atoms with E-state index in [-0.39, 0.29) is 17.3 Å². The molecule has 2 heterocycles. The third kappa shape index (κ3) is 11.1. The topological polar surface area (TPSA) is 106 Å². The predicted octanol–water partition coefficient (Wildman–Crippen LogP) is 8.07. The Kier molecular flexibility index (Phi) is 13.9. The average molecular weight is 491 g/mol. The zero-order valence-corrected chi connectivity index (χ0v) is 21.2. The summed E-state index contributed by atoms with van der Waals surface area (Å²) in [6.45, 7) is 2.89. The number of unbranched alkanes of at least 4 members (excludes halogenated alkanes) is 13. The van der Waals surface area contributed by atoms with Crippen molar-refractivity contribution in [1.29, 1.82) is 0 Å². The van der Waals surface area contributed by atoms with E-state index in [0.717, 1.165) is 12.8 Å². The molecule has 0 spiro atoms. The zero-order valence-electron chi connectivity index (χ0n) is 20.4. The van der Waals surface area contributed by atoms with Crippen molar-refractivity contribution in [2.45, 2.75) is 96.8 Å². The molecular weight excluding hydrogens is 452 g/mol. The largest absolute Gasteiger partial charge is 0.364 e. The molecular formula is C25H39ClN6O2. The van der Waals surface area contributed by atoms with Gasteiger partial charge in [0.1, 0.15) is 12.1 Å². The number of aromatic nitrogens is 3. The minimum Gasteiger partial charge on any atom is -0.364 e. The molecule has 2 aromatic rings. The van der Waals surface area contributed by atoms with Gasteiger partial charge in [0, 0.05) is 12.7 Å². The lowest BCUT2D eigenvalue weighted by Crippen LogP contribution is -2.09. The van der Waals surface area contributed by atoms with Crippen molar-refractivity contribution in [1.82, 2.24) is 15.0 Å². The molecule has 0 bridgehead atoms. The molecule has 2 aromatic heterocycles. The van der Waals surface area contributed by atoms with Crippen molar-refractivity contribution in [3.05, 3.63) is 39.8 Å². The fourth-order valence-corrected chi connectivity index (χ4v) is 3.98. The van der Waals surface area contributed by atoms with Crippen LogP contribution in [0.5, 0.6) is 0 Å². The van der Waals surface area contributed by atoms with Crippen molar-refractivity contribution in [3.8, 4) is 0 Å². The van der Waals surface area contributed by atoms with Crippen molar-refractivity contribution >= 4 is 34.7 Å². The van der Waals surface area contributed by atoms with Gasteiger partial charge < -0.3 is 10.6 Å². The van der Waals surface area contributed by atoms with Crippen LogP contribution in [0.3, 0.4) is 0 Å². The molecule has 0 aliphatic rings. The van der Waals surface area contributed by atoms with Gasteiger partial charge >= 0.3 is 5.69 Å². The van der Waals surface area contributed by atoms with Gasteiger partial charge in [-0.05, 0) is 18.6 Å². The molecule has 0 aromatic carbocycles. The van der Waals surface area contributed by atoms with Crippen LogP contribution in [-0.2, 0) is 0 Å². The van der Waals surface area contributed by atoms with Gasteiger partial charge in [-0.1, -0.05) is 102 Å². The van der Waals surface area contributed by atoms with Crippen LogP contribution in [0.1, 0.15) is 96.8 Å². The molecule has 0 radical (unpaired) electrons. The number of rotatable bonds is 19. The van der Waals surface area contributed by atoms with E-state index < -0.39 is 4.92 Å². The number of hydrogen-bond acceptors (Lipinski definition) is 7. The molecule has 34 heavy (non-hydrogen) atoms. The molecule has 0 aliphatic carbocycles. The Labute approximate surface area is 208 Å². The van der Waals surface area contributed by atoms with E-state index in [4.69, 9.17) is 11.6 Å². The van der Waals surface area contributed by atoms with E-state index in [1.54, 1.807) is 12.1 Å². The summed E-state index contributed by atoms with van der Waals surface area (Å²) in [6.07, 6.45) is 20.9. The normalized spacial score (nSPS) is 10.9. The van der Waals surface area contributed by atoms with Crippen LogP contribution < -0.4 is 10.6 Å². The number of nitro groups is 1. The standard InChI is InChI=1S/C25H39ClN6O2/c1-2-3-4-5-6-7-8-9-10-11-12-13-14-15-18-27-24-23(32(33)34)25(30-20-29-24)31-22-17-16-21(26)19-28-22/h16-17,19-20H,2-15,18H2,1H3,(H2,27,28,29,30,31). The molecule has 2 N–H and O–H groups in total. The first-order chi connectivity index (χ1) is 16.6. The third-order valence-electron chi connectivity index (χ3n) is 5.80. The van der Waals surface area contributed by atoms with Crippen molar-refractivity contribution in [2.75, 3.05) is 17.2 Å². The molecule has 0 unspecified atom stereocenters. The molecule has 0 saturated carbocycles. The smallest absolute Gasteiger partial charge is 0.353 e. The summed E-state index contributed by atoms with van der Waals surface area (Å²) in [6, 6.07) is 3.29. The Morgan fingerprint density at radius 1 is 0.824 bits per heavy atom. The van der Waals surface area contributed by atoms with E-state index in [2.05, 4.69) is 32.5 Å². The Hall–Kier alpha value is -2.48. The fourth-order valence-electron chi connectivity index (χ4n) is 3.87. The van der Waals surface area contributed by atoms with E-state index in [1.165, 1.54) is 89.6 Å². The number of nitrogens with zero attached hydrogens (tertiary/aromatic N) is 4. The number of anilines is 3. The maximum Gasteiger partial charge on any atom is 0.353 e. The van der Waals surface area contributed by atoms with Gasteiger partial charge in [-0.2, -0.15) is 0 Å². The summed E-state index contributed by atoms with van der Waals surface area (Å²) < 4.78 is 0. The highest BCUT2D eigenvalue weighted by atomic mass is 35.5. The van der Waals surface area contributed by atoms with E-state index in [0.29, 0.717) is 17.4 Å². The van der Waals surface area contributed by atoms with Crippen LogP contribution in [0.25, 0.3) is 0 Å². The minimum absolute atomic E-state index is 0.0956. The summed E-state index contributed by atoms with van der Waals surface area (Å²) in [5, 5.41) is 18.1. The number of hydrogen-bond donors (Lipinski definition) is 2. The van der Waals surface area contributed by atoms with Crippen molar-refractivity contribution in [3.63, 3.8) is 0 Å². The monoisotopic (exact) mass is 490 g/mol. The lowest BCUT2D eigenvalue weighted by atomic mass is 10.0. The van der Waals surface area contributed by atoms with Gasteiger partial charge in [-0.3, -0.25) is 10.1 Å². The summed E-state index contributed by atoms with van der Waals surface area (Å²) in [7, 11) is 0. The second-order valence-corrected chi connectivity index (χ2v) is 9.12. The van der Waals surface area contributed by atoms with Crippen LogP contribution in [0.2, 0.25) is 5.02 Å². The van der Waals surface area contributed by atoms with Crippen LogP contribution in [0.4, 0.5) is 23.1 Å². The molecule has 0 atom stereocenters. The maximum absolute atomic E-state index is 11.7. The second kappa shape index (κ2) is 17.0. The zero-order chi connectivity index (χ0) is 24.4. The average Bonchev–Trinajstić information content (AvgIpc) is 2.83. The molecule has 0 aliphatic heterocycles. The van der Waals surface area contributed by atoms with Crippen molar-refractivity contribution < 1.29 is 4.92 Å². The Balaban J connectivity index is 1.61. The number of nitrogens with one attached hydrogen (secondary N) is 2. The van der Waals surface area contributed by atoms with E-state index in [1.807, 2.05) is 0 Å². The summed E-state index contributed by atoms with van der Waals surface area (Å²) in [5.74, 6) is 0.730. The first kappa shape index (κ1) is 27.8. The Morgan fingerprint density at radius 2 is 1.38 bits per heavy atom. The predicted molar refractivity (Wildman–Crippen MR) is 140 cm³/mol. The minimum atomic E-state index is -0.480. The lowest BCUT2D eigenvalue weighted by Gasteiger charge is -2.09. The van der Waals surface area contributed by atoms with Gasteiger partial charge in [0.05, 0.1) is 9.95 Å². The van der Waals surface area contributed by atoms with Crippen LogP contribution in [-0.4, -0.2) is 26.4 Å². The first-order valence-corrected chi connectivity index (χ1v) is 13.1. The Bertz CT molecular complexity index is 835. The Morgan fingerprint density at radius 3 is 1.91 bits per heavy atom. The first-order valence-electron chi connectivity index (χ1n) is 12.7. The molecule has 9 heteroatoms. The van der Waals surface area contributed by atoms with Gasteiger partial charge in [-0.15, -0.1) is 0 Å². The maximum atomic E-state index is 11.7. The number of pyridine rings is 1. The van der Waals surface area contributed by atoms with Crippen LogP contribution in [0.15, 0.2) is 24.7 Å². The van der Waals surface area contributed by atoms with Gasteiger partial charge in [-0.25, -0.2) is 15.0 Å². The molecule has 0 saturated heterocycles. The molecule has 188 valence electrons. The molecule has 0 amide bonds. The summed E-state index contributed by atoms with van der Waals surface area (Å²) in [5.41, 5.74) is -0.190. The van der Waals surface area contributed by atoms with Gasteiger partial charge in [0.15, 0.2) is 0 Å². The SMILES string of the molecule is CCCCCCCCCCCCCCCCNc1ncnc(Nc2ccc(Cl)cn2)c1[N+](=O)[O-]. The fraction of sp³-hybridized carbons (Fsp3) is 0.640. The highest BCUT2D eigenvalue weighted by Gasteiger charge is 2.23. The third-order valence-corrected chi connectivity index (χ3v) is 6.03. The van der Waals surface area contributed by atoms with E-state index in [9.17, 15) is 10.1 Å². The quantitative estimate of drug-likeness (QED) is 0.116. The van der Waals surface area contributed by atoms with Crippen molar-refractivity contribution in [2.24, 2.45) is 0 Å². The summed E-state index contributed by atoms with van der Waals surface area (Å²) in [4.78, 5) is 23.4. The molecule has 2 rings (SSSR count). The highest BCUT2D eigenvalue weighted by molar-refractivity contribution is 6.30. The summed E-state index contributed by atoms with van der Waals surface area (Å²) >= 11 is 5.84. The van der Waals surface area contributed by atoms with E-state index >= 15 is 0 Å². The van der Waals surface area contributed by atoms with Gasteiger partial charge in [0.2, 0.25) is 11.6 Å². The van der Waals surface area contributed by atoms with Crippen LogP contribution >= 0.6 is 11.6 Å². The van der Waals surface area contributed by atoms with Gasteiger partial charge in [0.25, 0.3) is 0 Å². The number of halogens is 1.